The van der Waals surface area contributed by atoms with E-state index in [1.54, 1.807) is 30.2 Å². The van der Waals surface area contributed by atoms with Gasteiger partial charge in [0.2, 0.25) is 5.76 Å². The van der Waals surface area contributed by atoms with Crippen LogP contribution >= 0.6 is 11.6 Å². The Morgan fingerprint density at radius 2 is 1.81 bits per heavy atom. The third kappa shape index (κ3) is 4.00. The van der Waals surface area contributed by atoms with E-state index in [-0.39, 0.29) is 17.1 Å². The summed E-state index contributed by atoms with van der Waals surface area (Å²) in [6.07, 6.45) is 0.836. The van der Waals surface area contributed by atoms with E-state index < -0.39 is 6.04 Å². The average molecular weight is 456 g/mol. The van der Waals surface area contributed by atoms with Crippen LogP contribution in [0.5, 0.6) is 5.75 Å². The molecule has 6 nitrogen and oxygen atoms in total. The number of amides is 1. The summed E-state index contributed by atoms with van der Waals surface area (Å²) in [7, 11) is 1.61. The van der Waals surface area contributed by atoms with Crippen molar-refractivity contribution in [1.29, 1.82) is 0 Å². The van der Waals surface area contributed by atoms with Crippen LogP contribution in [0.25, 0.3) is 11.0 Å². The fourth-order valence-electron chi connectivity index (χ4n) is 4.46. The number of carbonyl (C=O) groups excluding carboxylic acids is 1. The highest BCUT2D eigenvalue weighted by atomic mass is 35.5. The van der Waals surface area contributed by atoms with Gasteiger partial charge in [0.25, 0.3) is 5.91 Å². The third-order valence-corrected chi connectivity index (χ3v) is 6.52. The Hall–Kier alpha value is -2.83. The smallest absolute Gasteiger partial charge is 0.290 e. The summed E-state index contributed by atoms with van der Waals surface area (Å²) in [4.78, 5) is 30.2. The molecule has 3 aromatic rings. The zero-order valence-electron chi connectivity index (χ0n) is 18.6. The Balaban J connectivity index is 1.79. The number of ether oxygens (including phenoxy) is 1. The van der Waals surface area contributed by atoms with Gasteiger partial charge in [0.15, 0.2) is 5.43 Å². The third-order valence-electron chi connectivity index (χ3n) is 6.29. The number of fused-ring (bicyclic) bond motifs is 2. The lowest BCUT2D eigenvalue weighted by Gasteiger charge is -2.26. The minimum Gasteiger partial charge on any atom is -0.497 e. The Labute approximate surface area is 192 Å². The van der Waals surface area contributed by atoms with Gasteiger partial charge in [-0.05, 0) is 49.7 Å². The van der Waals surface area contributed by atoms with Crippen molar-refractivity contribution in [2.75, 3.05) is 33.3 Å². The molecule has 0 radical (unpaired) electrons. The van der Waals surface area contributed by atoms with E-state index in [0.717, 1.165) is 31.6 Å². The first-order chi connectivity index (χ1) is 15.5. The highest BCUT2D eigenvalue weighted by Gasteiger charge is 2.42. The monoisotopic (exact) mass is 455 g/mol. The van der Waals surface area contributed by atoms with Crippen molar-refractivity contribution in [3.8, 4) is 5.75 Å². The van der Waals surface area contributed by atoms with Gasteiger partial charge in [-0.3, -0.25) is 9.59 Å². The van der Waals surface area contributed by atoms with E-state index >= 15 is 0 Å². The Bertz CT molecular complexity index is 1190. The van der Waals surface area contributed by atoms with Crippen molar-refractivity contribution in [1.82, 2.24) is 4.90 Å². The second kappa shape index (κ2) is 9.35. The van der Waals surface area contributed by atoms with Crippen LogP contribution < -0.4 is 15.1 Å². The van der Waals surface area contributed by atoms with Gasteiger partial charge in [0, 0.05) is 18.0 Å². The van der Waals surface area contributed by atoms with Crippen LogP contribution in [0.15, 0.2) is 51.7 Å². The maximum atomic E-state index is 13.5. The van der Waals surface area contributed by atoms with Gasteiger partial charge < -0.3 is 19.0 Å². The van der Waals surface area contributed by atoms with E-state index in [9.17, 15) is 9.59 Å². The molecule has 0 saturated heterocycles. The van der Waals surface area contributed by atoms with E-state index in [2.05, 4.69) is 13.8 Å². The molecule has 1 N–H and O–H groups in total. The molecule has 1 amide bonds. The second-order valence-electron chi connectivity index (χ2n) is 8.05. The number of methoxy groups -OCH3 is 1. The van der Waals surface area contributed by atoms with Gasteiger partial charge in [0.1, 0.15) is 11.3 Å². The molecule has 2 heterocycles. The van der Waals surface area contributed by atoms with Crippen LogP contribution in [0.3, 0.4) is 0 Å². The van der Waals surface area contributed by atoms with Crippen molar-refractivity contribution in [3.63, 3.8) is 0 Å². The van der Waals surface area contributed by atoms with Crippen LogP contribution in [0.1, 0.15) is 48.0 Å². The molecule has 32 heavy (non-hydrogen) atoms. The quantitative estimate of drug-likeness (QED) is 0.566. The van der Waals surface area contributed by atoms with E-state index in [0.29, 0.717) is 33.8 Å². The van der Waals surface area contributed by atoms with Crippen molar-refractivity contribution in [2.24, 2.45) is 0 Å². The van der Waals surface area contributed by atoms with Crippen molar-refractivity contribution >= 4 is 28.5 Å². The first-order valence-corrected chi connectivity index (χ1v) is 11.4. The molecule has 2 aromatic carbocycles. The van der Waals surface area contributed by atoms with Gasteiger partial charge in [-0.1, -0.05) is 23.7 Å². The van der Waals surface area contributed by atoms with E-state index in [1.807, 2.05) is 24.3 Å². The predicted molar refractivity (Wildman–Crippen MR) is 125 cm³/mol. The molecular weight excluding hydrogens is 428 g/mol. The molecule has 168 valence electrons. The zero-order chi connectivity index (χ0) is 22.8. The lowest BCUT2D eigenvalue weighted by molar-refractivity contribution is -0.896. The number of rotatable bonds is 8. The molecule has 4 rings (SSSR count). The normalized spacial score (nSPS) is 15.6. The molecule has 0 saturated carbocycles. The summed E-state index contributed by atoms with van der Waals surface area (Å²) in [5.41, 5.74) is 1.39. The summed E-state index contributed by atoms with van der Waals surface area (Å²) in [5, 5.41) is 0.839. The molecule has 0 spiro atoms. The molecule has 0 aliphatic carbocycles. The largest absolute Gasteiger partial charge is 0.497 e. The number of carbonyl (C=O) groups is 1. The van der Waals surface area contributed by atoms with Crippen LogP contribution in [-0.4, -0.2) is 44.1 Å². The van der Waals surface area contributed by atoms with E-state index in [1.165, 1.54) is 4.90 Å². The number of benzene rings is 2. The fraction of sp³-hybridized carbons (Fsp3) is 0.360. The van der Waals surface area contributed by atoms with Crippen LogP contribution in [0.4, 0.5) is 0 Å². The molecule has 0 bridgehead atoms. The number of halogens is 1. The van der Waals surface area contributed by atoms with Gasteiger partial charge in [-0.25, -0.2) is 0 Å². The van der Waals surface area contributed by atoms with Crippen molar-refractivity contribution < 1.29 is 18.8 Å². The minimum atomic E-state index is -0.505. The number of hydrogen-bond donors (Lipinski definition) is 1. The topological polar surface area (TPSA) is 64.2 Å². The number of nitrogens with zero attached hydrogens (tertiary/aromatic N) is 1. The molecular formula is C25H28ClN2O4+. The highest BCUT2D eigenvalue weighted by Crippen LogP contribution is 2.38. The van der Waals surface area contributed by atoms with Crippen LogP contribution in [0, 0.1) is 0 Å². The SMILES string of the molecule is CC[NH+](CC)CCCN1C(=O)c2oc3ccc(Cl)cc3c(=O)c2[C@H]1c1ccc(OC)cc1. The van der Waals surface area contributed by atoms with Gasteiger partial charge >= 0.3 is 0 Å². The van der Waals surface area contributed by atoms with Gasteiger partial charge in [-0.15, -0.1) is 0 Å². The zero-order valence-corrected chi connectivity index (χ0v) is 19.4. The summed E-state index contributed by atoms with van der Waals surface area (Å²) < 4.78 is 11.3. The Morgan fingerprint density at radius 3 is 2.47 bits per heavy atom. The average Bonchev–Trinajstić information content (AvgIpc) is 3.09. The highest BCUT2D eigenvalue weighted by molar-refractivity contribution is 6.31. The molecule has 0 fully saturated rings. The maximum absolute atomic E-state index is 13.5. The number of hydrogen-bond acceptors (Lipinski definition) is 4. The standard InChI is InChI=1S/C25H27ClN2O4/c1-4-27(5-2)13-6-14-28-22(16-7-10-18(31-3)11-8-16)21-23(29)19-15-17(26)9-12-20(19)32-24(21)25(28)30/h7-12,15,22H,4-6,13-14H2,1-3H3/p+1/t22-/m1/s1. The van der Waals surface area contributed by atoms with E-state index in [4.69, 9.17) is 20.8 Å². The Kier molecular flexibility index (Phi) is 6.53. The summed E-state index contributed by atoms with van der Waals surface area (Å²) in [6, 6.07) is 11.9. The summed E-state index contributed by atoms with van der Waals surface area (Å²) >= 11 is 6.14. The summed E-state index contributed by atoms with van der Waals surface area (Å²) in [6.45, 7) is 7.91. The number of nitrogens with one attached hydrogen (secondary N) is 1. The maximum Gasteiger partial charge on any atom is 0.290 e. The number of quaternary nitrogens is 1. The minimum absolute atomic E-state index is 0.126. The second-order valence-corrected chi connectivity index (χ2v) is 8.49. The predicted octanol–water partition coefficient (Wildman–Crippen LogP) is 3.32. The fourth-order valence-corrected chi connectivity index (χ4v) is 4.63. The molecule has 0 unspecified atom stereocenters. The first-order valence-electron chi connectivity index (χ1n) is 11.0. The molecule has 1 atom stereocenters. The van der Waals surface area contributed by atoms with Gasteiger partial charge in [-0.2, -0.15) is 0 Å². The lowest BCUT2D eigenvalue weighted by Crippen LogP contribution is -3.11. The summed E-state index contributed by atoms with van der Waals surface area (Å²) in [5.74, 6) is 0.595. The first kappa shape index (κ1) is 22.4. The van der Waals surface area contributed by atoms with Gasteiger partial charge in [0.05, 0.1) is 43.7 Å². The molecule has 7 heteroatoms. The molecule has 1 aliphatic rings. The lowest BCUT2D eigenvalue weighted by atomic mass is 9.98. The van der Waals surface area contributed by atoms with Crippen molar-refractivity contribution in [3.05, 3.63) is 74.6 Å². The van der Waals surface area contributed by atoms with Crippen molar-refractivity contribution in [2.45, 2.75) is 26.3 Å². The molecule has 1 aliphatic heterocycles. The van der Waals surface area contributed by atoms with Crippen LogP contribution in [0.2, 0.25) is 5.02 Å². The molecule has 1 aromatic heterocycles. The Morgan fingerprint density at radius 1 is 1.09 bits per heavy atom. The van der Waals surface area contributed by atoms with Crippen LogP contribution in [-0.2, 0) is 0 Å².